The summed E-state index contributed by atoms with van der Waals surface area (Å²) in [4.78, 5) is 13.3. The lowest BCUT2D eigenvalue weighted by atomic mass is 10.1. The van der Waals surface area contributed by atoms with Gasteiger partial charge in [-0.1, -0.05) is 30.3 Å². The summed E-state index contributed by atoms with van der Waals surface area (Å²) >= 11 is 0. The number of urea groups is 1. The number of nitrogens with zero attached hydrogens (tertiary/aromatic N) is 1. The van der Waals surface area contributed by atoms with Gasteiger partial charge < -0.3 is 15.3 Å². The number of rotatable bonds is 7. The summed E-state index contributed by atoms with van der Waals surface area (Å²) in [6.45, 7) is 3.58. The number of nitrogens with one attached hydrogen (secondary N) is 1. The van der Waals surface area contributed by atoms with Gasteiger partial charge >= 0.3 is 6.03 Å². The molecule has 0 radical (unpaired) electrons. The normalized spacial score (nSPS) is 10.1. The zero-order valence-electron chi connectivity index (χ0n) is 10.9. The zero-order valence-corrected chi connectivity index (χ0v) is 10.9. The van der Waals surface area contributed by atoms with Crippen LogP contribution in [0, 0.1) is 0 Å². The van der Waals surface area contributed by atoms with Crippen LogP contribution in [0.15, 0.2) is 30.3 Å². The predicted octanol–water partition coefficient (Wildman–Crippen LogP) is 1.64. The number of hydrogen-bond acceptors (Lipinski definition) is 2. The monoisotopic (exact) mass is 250 g/mol. The second kappa shape index (κ2) is 8.53. The van der Waals surface area contributed by atoms with E-state index in [-0.39, 0.29) is 12.6 Å². The Kier molecular flexibility index (Phi) is 6.87. The van der Waals surface area contributed by atoms with Crippen LogP contribution in [-0.4, -0.2) is 42.3 Å². The molecule has 4 nitrogen and oxygen atoms in total. The van der Waals surface area contributed by atoms with E-state index in [2.05, 4.69) is 17.4 Å². The van der Waals surface area contributed by atoms with Crippen molar-refractivity contribution in [2.45, 2.75) is 19.8 Å². The first kappa shape index (κ1) is 14.5. The maximum atomic E-state index is 11.7. The molecule has 100 valence electrons. The van der Waals surface area contributed by atoms with Gasteiger partial charge in [-0.25, -0.2) is 4.79 Å². The third-order valence-corrected chi connectivity index (χ3v) is 2.80. The highest BCUT2D eigenvalue weighted by Gasteiger charge is 2.08. The third kappa shape index (κ3) is 5.19. The van der Waals surface area contributed by atoms with E-state index >= 15 is 0 Å². The Morgan fingerprint density at radius 3 is 2.67 bits per heavy atom. The van der Waals surface area contributed by atoms with Crippen molar-refractivity contribution in [3.05, 3.63) is 35.9 Å². The Hall–Kier alpha value is -1.55. The first-order valence-electron chi connectivity index (χ1n) is 6.45. The van der Waals surface area contributed by atoms with Gasteiger partial charge in [-0.15, -0.1) is 0 Å². The molecule has 2 amide bonds. The van der Waals surface area contributed by atoms with Crippen LogP contribution in [0.3, 0.4) is 0 Å². The average molecular weight is 250 g/mol. The molecule has 1 aromatic carbocycles. The lowest BCUT2D eigenvalue weighted by molar-refractivity contribution is 0.180. The molecule has 0 unspecified atom stereocenters. The molecule has 0 aliphatic rings. The van der Waals surface area contributed by atoms with E-state index in [4.69, 9.17) is 5.11 Å². The van der Waals surface area contributed by atoms with Gasteiger partial charge in [0.1, 0.15) is 0 Å². The molecule has 0 aliphatic heterocycles. The summed E-state index contributed by atoms with van der Waals surface area (Å²) in [7, 11) is 0. The highest BCUT2D eigenvalue weighted by molar-refractivity contribution is 5.74. The van der Waals surface area contributed by atoms with Crippen LogP contribution in [-0.2, 0) is 6.42 Å². The molecule has 2 N–H and O–H groups in total. The molecule has 0 heterocycles. The standard InChI is InChI=1S/C14H22N2O2/c1-2-16(11-12-17)14(18)15-10-6-9-13-7-4-3-5-8-13/h3-5,7-8,17H,2,6,9-12H2,1H3,(H,15,18). The molecule has 0 saturated carbocycles. The van der Waals surface area contributed by atoms with Crippen LogP contribution in [0.5, 0.6) is 0 Å². The summed E-state index contributed by atoms with van der Waals surface area (Å²) < 4.78 is 0. The molecule has 0 saturated heterocycles. The summed E-state index contributed by atoms with van der Waals surface area (Å²) in [5.74, 6) is 0. The Morgan fingerprint density at radius 1 is 1.33 bits per heavy atom. The van der Waals surface area contributed by atoms with Crippen molar-refractivity contribution < 1.29 is 9.90 Å². The predicted molar refractivity (Wildman–Crippen MR) is 72.5 cm³/mol. The van der Waals surface area contributed by atoms with Crippen LogP contribution in [0.1, 0.15) is 18.9 Å². The van der Waals surface area contributed by atoms with E-state index in [1.54, 1.807) is 4.90 Å². The minimum atomic E-state index is -0.0976. The van der Waals surface area contributed by atoms with Gasteiger partial charge in [0.05, 0.1) is 6.61 Å². The topological polar surface area (TPSA) is 52.6 Å². The Morgan fingerprint density at radius 2 is 2.06 bits per heavy atom. The number of likely N-dealkylation sites (N-methyl/N-ethyl adjacent to an activating group) is 1. The van der Waals surface area contributed by atoms with E-state index in [0.29, 0.717) is 19.6 Å². The fraction of sp³-hybridized carbons (Fsp3) is 0.500. The van der Waals surface area contributed by atoms with Crippen LogP contribution in [0.4, 0.5) is 4.79 Å². The third-order valence-electron chi connectivity index (χ3n) is 2.80. The molecular formula is C14H22N2O2. The summed E-state index contributed by atoms with van der Waals surface area (Å²) in [5, 5.41) is 11.7. The number of hydrogen-bond donors (Lipinski definition) is 2. The number of amides is 2. The van der Waals surface area contributed by atoms with Gasteiger partial charge in [0, 0.05) is 19.6 Å². The van der Waals surface area contributed by atoms with Crippen molar-refractivity contribution in [3.63, 3.8) is 0 Å². The molecule has 1 rings (SSSR count). The summed E-state index contributed by atoms with van der Waals surface area (Å²) in [6.07, 6.45) is 1.89. The zero-order chi connectivity index (χ0) is 13.2. The van der Waals surface area contributed by atoms with E-state index in [1.807, 2.05) is 25.1 Å². The maximum Gasteiger partial charge on any atom is 0.317 e. The molecule has 4 heteroatoms. The number of carbonyl (C=O) groups excluding carboxylic acids is 1. The highest BCUT2D eigenvalue weighted by Crippen LogP contribution is 2.01. The molecule has 0 bridgehead atoms. The molecule has 18 heavy (non-hydrogen) atoms. The summed E-state index contributed by atoms with van der Waals surface area (Å²) in [6, 6.07) is 10.1. The number of aliphatic hydroxyl groups excluding tert-OH is 1. The van der Waals surface area contributed by atoms with E-state index in [9.17, 15) is 4.79 Å². The Balaban J connectivity index is 2.19. The quantitative estimate of drug-likeness (QED) is 0.723. The van der Waals surface area contributed by atoms with Gasteiger partial charge in [0.25, 0.3) is 0 Å². The molecule has 0 aliphatic carbocycles. The molecular weight excluding hydrogens is 228 g/mol. The van der Waals surface area contributed by atoms with Crippen molar-refractivity contribution in [3.8, 4) is 0 Å². The number of carbonyl (C=O) groups is 1. The van der Waals surface area contributed by atoms with Crippen molar-refractivity contribution in [2.24, 2.45) is 0 Å². The van der Waals surface area contributed by atoms with Crippen LogP contribution in [0.2, 0.25) is 0 Å². The first-order chi connectivity index (χ1) is 8.77. The molecule has 0 spiro atoms. The fourth-order valence-electron chi connectivity index (χ4n) is 1.77. The largest absolute Gasteiger partial charge is 0.395 e. The maximum absolute atomic E-state index is 11.7. The van der Waals surface area contributed by atoms with Gasteiger partial charge in [-0.2, -0.15) is 0 Å². The second-order valence-electron chi connectivity index (χ2n) is 4.12. The van der Waals surface area contributed by atoms with Crippen LogP contribution < -0.4 is 5.32 Å². The van der Waals surface area contributed by atoms with Gasteiger partial charge in [0.15, 0.2) is 0 Å². The van der Waals surface area contributed by atoms with Crippen molar-refractivity contribution in [1.82, 2.24) is 10.2 Å². The van der Waals surface area contributed by atoms with E-state index in [0.717, 1.165) is 12.8 Å². The lowest BCUT2D eigenvalue weighted by Crippen LogP contribution is -2.41. The van der Waals surface area contributed by atoms with Crippen LogP contribution >= 0.6 is 0 Å². The number of benzene rings is 1. The van der Waals surface area contributed by atoms with Crippen molar-refractivity contribution in [1.29, 1.82) is 0 Å². The first-order valence-corrected chi connectivity index (χ1v) is 6.45. The van der Waals surface area contributed by atoms with Gasteiger partial charge in [0.2, 0.25) is 0 Å². The molecule has 0 atom stereocenters. The minimum absolute atomic E-state index is 0.00523. The highest BCUT2D eigenvalue weighted by atomic mass is 16.3. The van der Waals surface area contributed by atoms with Gasteiger partial charge in [-0.05, 0) is 25.3 Å². The minimum Gasteiger partial charge on any atom is -0.395 e. The van der Waals surface area contributed by atoms with Crippen molar-refractivity contribution in [2.75, 3.05) is 26.2 Å². The van der Waals surface area contributed by atoms with E-state index < -0.39 is 0 Å². The molecule has 0 aromatic heterocycles. The average Bonchev–Trinajstić information content (AvgIpc) is 2.42. The molecule has 1 aromatic rings. The van der Waals surface area contributed by atoms with Gasteiger partial charge in [-0.3, -0.25) is 0 Å². The Labute approximate surface area is 109 Å². The van der Waals surface area contributed by atoms with Crippen LogP contribution in [0.25, 0.3) is 0 Å². The Bertz CT molecular complexity index is 341. The van der Waals surface area contributed by atoms with Crippen molar-refractivity contribution >= 4 is 6.03 Å². The lowest BCUT2D eigenvalue weighted by Gasteiger charge is -2.20. The summed E-state index contributed by atoms with van der Waals surface area (Å²) in [5.41, 5.74) is 1.29. The van der Waals surface area contributed by atoms with E-state index in [1.165, 1.54) is 5.56 Å². The smallest absolute Gasteiger partial charge is 0.317 e. The number of aliphatic hydroxyl groups is 1. The fourth-order valence-corrected chi connectivity index (χ4v) is 1.77. The molecule has 0 fully saturated rings. The number of aryl methyl sites for hydroxylation is 1. The second-order valence-corrected chi connectivity index (χ2v) is 4.12. The SMILES string of the molecule is CCN(CCO)C(=O)NCCCc1ccccc1.